The van der Waals surface area contributed by atoms with Crippen LogP contribution in [0, 0.1) is 0 Å². The lowest BCUT2D eigenvalue weighted by Crippen LogP contribution is -2.22. The van der Waals surface area contributed by atoms with Gasteiger partial charge in [-0.2, -0.15) is 5.10 Å². The van der Waals surface area contributed by atoms with Crippen molar-refractivity contribution in [2.45, 2.75) is 13.1 Å². The molecule has 0 aromatic heterocycles. The normalized spacial score (nSPS) is 11.2. The maximum Gasteiger partial charge on any atom is 0.0730 e. The zero-order valence-electron chi connectivity index (χ0n) is 22.9. The Morgan fingerprint density at radius 3 is 1.83 bits per heavy atom. The van der Waals surface area contributed by atoms with Crippen LogP contribution in [0.2, 0.25) is 10.0 Å². The van der Waals surface area contributed by atoms with Gasteiger partial charge in [-0.1, -0.05) is 120 Å². The molecule has 0 radical (unpaired) electrons. The maximum atomic E-state index is 6.92. The summed E-state index contributed by atoms with van der Waals surface area (Å²) in [6.07, 6.45) is 1.82. The molecule has 3 nitrogen and oxygen atoms in total. The number of hydrazone groups is 1. The Bertz CT molecular complexity index is 1760. The van der Waals surface area contributed by atoms with Crippen molar-refractivity contribution in [3.05, 3.63) is 172 Å². The summed E-state index contributed by atoms with van der Waals surface area (Å²) in [7, 11) is 0. The molecule has 0 saturated carbocycles. The fraction of sp³-hybridized carbons (Fsp3) is 0.0541. The van der Waals surface area contributed by atoms with Crippen molar-refractivity contribution in [2.75, 3.05) is 9.91 Å². The van der Waals surface area contributed by atoms with Crippen molar-refractivity contribution in [3.63, 3.8) is 0 Å². The first-order valence-electron chi connectivity index (χ1n) is 13.8. The van der Waals surface area contributed by atoms with Crippen LogP contribution in [0.25, 0.3) is 10.8 Å². The summed E-state index contributed by atoms with van der Waals surface area (Å²) >= 11 is 13.1. The average molecular weight is 587 g/mol. The summed E-state index contributed by atoms with van der Waals surface area (Å²) in [6, 6.07) is 49.4. The van der Waals surface area contributed by atoms with Crippen molar-refractivity contribution in [1.29, 1.82) is 0 Å². The van der Waals surface area contributed by atoms with E-state index in [9.17, 15) is 0 Å². The van der Waals surface area contributed by atoms with E-state index in [4.69, 9.17) is 28.3 Å². The maximum absolute atomic E-state index is 6.92. The van der Waals surface area contributed by atoms with Crippen LogP contribution in [-0.2, 0) is 13.1 Å². The highest BCUT2D eigenvalue weighted by Gasteiger charge is 2.14. The molecule has 0 atom stereocenters. The topological polar surface area (TPSA) is 18.8 Å². The number of nitrogens with zero attached hydrogens (tertiary/aromatic N) is 3. The van der Waals surface area contributed by atoms with E-state index < -0.39 is 0 Å². The van der Waals surface area contributed by atoms with Crippen LogP contribution in [0.4, 0.5) is 17.1 Å². The van der Waals surface area contributed by atoms with Gasteiger partial charge in [-0.25, -0.2) is 5.01 Å². The Morgan fingerprint density at radius 2 is 1.17 bits per heavy atom. The van der Waals surface area contributed by atoms with E-state index in [0.717, 1.165) is 46.5 Å². The Hall–Kier alpha value is -4.57. The van der Waals surface area contributed by atoms with Crippen LogP contribution in [0.5, 0.6) is 0 Å². The molecule has 0 unspecified atom stereocenters. The van der Waals surface area contributed by atoms with Crippen LogP contribution in [0.15, 0.2) is 151 Å². The van der Waals surface area contributed by atoms with Gasteiger partial charge in [-0.05, 0) is 65.0 Å². The molecular formula is C37H29Cl2N3. The molecule has 0 N–H and O–H groups in total. The van der Waals surface area contributed by atoms with Gasteiger partial charge < -0.3 is 4.90 Å². The molecule has 0 spiro atoms. The standard InChI is InChI=1S/C37H29Cl2N3/c38-32-19-22-33(23-20-32)42(37-17-9-15-30-14-7-8-16-35(30)37)40-25-31-18-21-34(24-36(31)39)41(26-28-10-3-1-4-11-28)27-29-12-5-2-6-13-29/h1-25H,26-27H2. The minimum absolute atomic E-state index is 0.636. The van der Waals surface area contributed by atoms with Crippen LogP contribution in [0.1, 0.15) is 16.7 Å². The summed E-state index contributed by atoms with van der Waals surface area (Å²) in [5.74, 6) is 0. The van der Waals surface area contributed by atoms with Crippen molar-refractivity contribution in [3.8, 4) is 0 Å². The van der Waals surface area contributed by atoms with E-state index in [0.29, 0.717) is 10.0 Å². The number of benzene rings is 6. The lowest BCUT2D eigenvalue weighted by atomic mass is 10.1. The summed E-state index contributed by atoms with van der Waals surface area (Å²) < 4.78 is 0. The number of rotatable bonds is 9. The molecule has 0 fully saturated rings. The number of hydrogen-bond acceptors (Lipinski definition) is 3. The number of hydrogen-bond donors (Lipinski definition) is 0. The van der Waals surface area contributed by atoms with Gasteiger partial charge in [-0.15, -0.1) is 0 Å². The van der Waals surface area contributed by atoms with Crippen LogP contribution in [-0.4, -0.2) is 6.21 Å². The highest BCUT2D eigenvalue weighted by atomic mass is 35.5. The fourth-order valence-electron chi connectivity index (χ4n) is 5.03. The summed E-state index contributed by atoms with van der Waals surface area (Å²) in [5.41, 5.74) is 6.23. The number of anilines is 3. The summed E-state index contributed by atoms with van der Waals surface area (Å²) in [5, 5.41) is 10.4. The number of fused-ring (bicyclic) bond motifs is 1. The van der Waals surface area contributed by atoms with Crippen LogP contribution in [0.3, 0.4) is 0 Å². The fourth-order valence-corrected chi connectivity index (χ4v) is 5.38. The molecule has 0 aliphatic heterocycles. The second kappa shape index (κ2) is 12.9. The minimum Gasteiger partial charge on any atom is -0.363 e. The first-order valence-corrected chi connectivity index (χ1v) is 14.6. The zero-order chi connectivity index (χ0) is 28.7. The Labute approximate surface area is 256 Å². The van der Waals surface area contributed by atoms with E-state index in [2.05, 4.69) is 83.8 Å². The Balaban J connectivity index is 1.34. The second-order valence-electron chi connectivity index (χ2n) is 10.1. The molecule has 0 saturated heterocycles. The molecule has 42 heavy (non-hydrogen) atoms. The van der Waals surface area contributed by atoms with Crippen LogP contribution < -0.4 is 9.91 Å². The molecule has 6 rings (SSSR count). The van der Waals surface area contributed by atoms with E-state index in [1.165, 1.54) is 11.1 Å². The Morgan fingerprint density at radius 1 is 0.571 bits per heavy atom. The van der Waals surface area contributed by atoms with Crippen molar-refractivity contribution in [2.24, 2.45) is 5.10 Å². The molecule has 6 aromatic carbocycles. The van der Waals surface area contributed by atoms with Gasteiger partial charge in [0.25, 0.3) is 0 Å². The highest BCUT2D eigenvalue weighted by molar-refractivity contribution is 6.33. The van der Waals surface area contributed by atoms with Crippen molar-refractivity contribution >= 4 is 57.3 Å². The molecule has 6 aromatic rings. The van der Waals surface area contributed by atoms with Gasteiger partial charge in [-0.3, -0.25) is 0 Å². The van der Waals surface area contributed by atoms with Gasteiger partial charge in [0, 0.05) is 34.7 Å². The van der Waals surface area contributed by atoms with Crippen LogP contribution >= 0.6 is 23.2 Å². The molecule has 0 aliphatic carbocycles. The third-order valence-corrected chi connectivity index (χ3v) is 7.74. The van der Waals surface area contributed by atoms with Gasteiger partial charge in [0.1, 0.15) is 0 Å². The highest BCUT2D eigenvalue weighted by Crippen LogP contribution is 2.34. The molecular weight excluding hydrogens is 557 g/mol. The predicted molar refractivity (Wildman–Crippen MR) is 179 cm³/mol. The minimum atomic E-state index is 0.636. The third kappa shape index (κ3) is 6.49. The van der Waals surface area contributed by atoms with E-state index >= 15 is 0 Å². The van der Waals surface area contributed by atoms with Gasteiger partial charge in [0.2, 0.25) is 0 Å². The van der Waals surface area contributed by atoms with Gasteiger partial charge in [0.05, 0.1) is 22.6 Å². The molecule has 0 aliphatic rings. The lowest BCUT2D eigenvalue weighted by molar-refractivity contribution is 0.800. The monoisotopic (exact) mass is 585 g/mol. The predicted octanol–water partition coefficient (Wildman–Crippen LogP) is 10.5. The first-order chi connectivity index (χ1) is 20.6. The van der Waals surface area contributed by atoms with Crippen molar-refractivity contribution < 1.29 is 0 Å². The Kier molecular flexibility index (Phi) is 8.51. The first kappa shape index (κ1) is 27.6. The van der Waals surface area contributed by atoms with Gasteiger partial charge in [0.15, 0.2) is 0 Å². The largest absolute Gasteiger partial charge is 0.363 e. The molecule has 0 heterocycles. The quantitative estimate of drug-likeness (QED) is 0.124. The van der Waals surface area contributed by atoms with Gasteiger partial charge >= 0.3 is 0 Å². The molecule has 0 amide bonds. The van der Waals surface area contributed by atoms with E-state index in [-0.39, 0.29) is 0 Å². The van der Waals surface area contributed by atoms with Crippen molar-refractivity contribution in [1.82, 2.24) is 0 Å². The SMILES string of the molecule is Clc1ccc(N(N=Cc2ccc(N(Cc3ccccc3)Cc3ccccc3)cc2Cl)c2cccc3ccccc23)cc1. The lowest BCUT2D eigenvalue weighted by Gasteiger charge is -2.26. The molecule has 0 bridgehead atoms. The van der Waals surface area contributed by atoms with E-state index in [1.54, 1.807) is 0 Å². The smallest absolute Gasteiger partial charge is 0.0730 e. The van der Waals surface area contributed by atoms with E-state index in [1.807, 2.05) is 78.0 Å². The molecule has 5 heteroatoms. The summed E-state index contributed by atoms with van der Waals surface area (Å²) in [4.78, 5) is 2.34. The summed E-state index contributed by atoms with van der Waals surface area (Å²) in [6.45, 7) is 1.54. The zero-order valence-corrected chi connectivity index (χ0v) is 24.5. The average Bonchev–Trinajstić information content (AvgIpc) is 3.03. The third-order valence-electron chi connectivity index (χ3n) is 7.16. The molecule has 206 valence electrons. The number of halogens is 2. The second-order valence-corrected chi connectivity index (χ2v) is 10.9.